The molecule has 0 bridgehead atoms. The van der Waals surface area contributed by atoms with E-state index in [1.165, 1.54) is 69.8 Å². The molecule has 0 aromatic rings. The summed E-state index contributed by atoms with van der Waals surface area (Å²) in [5.41, 5.74) is 1.50. The van der Waals surface area contributed by atoms with Crippen LogP contribution >= 0.6 is 0 Å². The van der Waals surface area contributed by atoms with Gasteiger partial charge in [-0.2, -0.15) is 0 Å². The van der Waals surface area contributed by atoms with E-state index in [2.05, 4.69) is 33.8 Å². The Hall–Kier alpha value is -0.260. The summed E-state index contributed by atoms with van der Waals surface area (Å²) in [5.74, 6) is 0.855. The maximum absolute atomic E-state index is 2.51. The number of hydrogen-bond acceptors (Lipinski definition) is 0. The fraction of sp³-hybridized carbons (Fsp3) is 0.882. The van der Waals surface area contributed by atoms with Gasteiger partial charge in [-0.3, -0.25) is 0 Å². The Kier molecular flexibility index (Phi) is 12.0. The topological polar surface area (TPSA) is 0 Å². The summed E-state index contributed by atoms with van der Waals surface area (Å²) in [5, 5.41) is 0. The second-order valence-corrected chi connectivity index (χ2v) is 5.70. The van der Waals surface area contributed by atoms with Gasteiger partial charge in [0, 0.05) is 0 Å². The molecule has 0 N–H and O–H groups in total. The van der Waals surface area contributed by atoms with Crippen LogP contribution in [0.2, 0.25) is 0 Å². The summed E-state index contributed by atoms with van der Waals surface area (Å²) < 4.78 is 0. The minimum absolute atomic E-state index is 0.855. The van der Waals surface area contributed by atoms with Crippen molar-refractivity contribution in [2.45, 2.75) is 91.9 Å². The lowest BCUT2D eigenvalue weighted by Gasteiger charge is -2.13. The van der Waals surface area contributed by atoms with Crippen molar-refractivity contribution in [2.75, 3.05) is 0 Å². The third kappa shape index (κ3) is 12.0. The van der Waals surface area contributed by atoms with Crippen LogP contribution in [0, 0.1) is 5.92 Å². The van der Waals surface area contributed by atoms with Gasteiger partial charge in [-0.25, -0.2) is 0 Å². The highest BCUT2D eigenvalue weighted by Gasteiger charge is 2.05. The predicted octanol–water partition coefficient (Wildman–Crippen LogP) is 6.51. The van der Waals surface area contributed by atoms with Crippen LogP contribution in [0.4, 0.5) is 0 Å². The molecule has 0 heteroatoms. The van der Waals surface area contributed by atoms with Crippen LogP contribution < -0.4 is 0 Å². The fourth-order valence-corrected chi connectivity index (χ4v) is 2.45. The number of allylic oxidation sites excluding steroid dienone is 2. The van der Waals surface area contributed by atoms with Gasteiger partial charge in [-0.1, -0.05) is 76.9 Å². The van der Waals surface area contributed by atoms with E-state index in [0.29, 0.717) is 0 Å². The zero-order valence-corrected chi connectivity index (χ0v) is 12.7. The lowest BCUT2D eigenvalue weighted by atomic mass is 9.93. The highest BCUT2D eigenvalue weighted by Crippen LogP contribution is 2.20. The van der Waals surface area contributed by atoms with E-state index in [9.17, 15) is 0 Å². The largest absolute Gasteiger partial charge is 0.0828 e. The van der Waals surface area contributed by atoms with Crippen molar-refractivity contribution in [1.82, 2.24) is 0 Å². The summed E-state index contributed by atoms with van der Waals surface area (Å²) in [4.78, 5) is 0. The van der Waals surface area contributed by atoms with Gasteiger partial charge in [0.25, 0.3) is 0 Å². The highest BCUT2D eigenvalue weighted by molar-refractivity contribution is 4.97. The summed E-state index contributed by atoms with van der Waals surface area (Å²) >= 11 is 0. The third-order valence-electron chi connectivity index (χ3n) is 3.43. The lowest BCUT2D eigenvalue weighted by Crippen LogP contribution is -1.98. The molecule has 0 atom stereocenters. The SMILES string of the molecule is CCCCCCC(C=C(C)C)CCCCCC. The van der Waals surface area contributed by atoms with Crippen molar-refractivity contribution in [2.24, 2.45) is 5.92 Å². The molecule has 0 nitrogen and oxygen atoms in total. The smallest absolute Gasteiger partial charge is 0.0231 e. The molecule has 0 radical (unpaired) electrons. The third-order valence-corrected chi connectivity index (χ3v) is 3.43. The number of rotatable bonds is 11. The Morgan fingerprint density at radius 3 is 1.59 bits per heavy atom. The molecular formula is C17H34. The molecule has 0 aromatic heterocycles. The normalized spacial score (nSPS) is 10.9. The van der Waals surface area contributed by atoms with Crippen molar-refractivity contribution in [3.05, 3.63) is 11.6 Å². The molecule has 102 valence electrons. The summed E-state index contributed by atoms with van der Waals surface area (Å²) in [7, 11) is 0. The van der Waals surface area contributed by atoms with Gasteiger partial charge in [0.05, 0.1) is 0 Å². The van der Waals surface area contributed by atoms with Gasteiger partial charge in [-0.05, 0) is 32.6 Å². The molecule has 0 aromatic carbocycles. The Morgan fingerprint density at radius 1 is 0.765 bits per heavy atom. The summed E-state index contributed by atoms with van der Waals surface area (Å²) in [6.07, 6.45) is 16.6. The van der Waals surface area contributed by atoms with Gasteiger partial charge in [-0.15, -0.1) is 0 Å². The van der Waals surface area contributed by atoms with E-state index >= 15 is 0 Å². The maximum atomic E-state index is 2.51. The summed E-state index contributed by atoms with van der Waals surface area (Å²) in [6.45, 7) is 9.06. The Balaban J connectivity index is 3.77. The number of unbranched alkanes of at least 4 members (excludes halogenated alkanes) is 6. The molecule has 0 saturated heterocycles. The van der Waals surface area contributed by atoms with Gasteiger partial charge >= 0.3 is 0 Å². The first kappa shape index (κ1) is 16.7. The molecule has 0 aliphatic heterocycles. The Labute approximate surface area is 110 Å². The molecule has 17 heavy (non-hydrogen) atoms. The molecule has 0 saturated carbocycles. The molecule has 0 heterocycles. The molecule has 0 spiro atoms. The predicted molar refractivity (Wildman–Crippen MR) is 80.4 cm³/mol. The molecule has 0 rings (SSSR count). The van der Waals surface area contributed by atoms with Crippen molar-refractivity contribution < 1.29 is 0 Å². The molecule has 0 aliphatic carbocycles. The highest BCUT2D eigenvalue weighted by atomic mass is 14.1. The van der Waals surface area contributed by atoms with Gasteiger partial charge in [0.15, 0.2) is 0 Å². The van der Waals surface area contributed by atoms with Gasteiger partial charge in [0.2, 0.25) is 0 Å². The van der Waals surface area contributed by atoms with Crippen LogP contribution in [0.25, 0.3) is 0 Å². The van der Waals surface area contributed by atoms with E-state index in [-0.39, 0.29) is 0 Å². The minimum atomic E-state index is 0.855. The molecule has 0 aliphatic rings. The van der Waals surface area contributed by atoms with Crippen molar-refractivity contribution in [3.8, 4) is 0 Å². The first-order valence-corrected chi connectivity index (χ1v) is 7.85. The Bertz CT molecular complexity index is 162. The lowest BCUT2D eigenvalue weighted by molar-refractivity contribution is 0.471. The second-order valence-electron chi connectivity index (χ2n) is 5.70. The average molecular weight is 238 g/mol. The Morgan fingerprint density at radius 2 is 1.24 bits per heavy atom. The minimum Gasteiger partial charge on any atom is -0.0828 e. The van der Waals surface area contributed by atoms with Crippen LogP contribution in [0.5, 0.6) is 0 Å². The van der Waals surface area contributed by atoms with Crippen LogP contribution in [0.15, 0.2) is 11.6 Å². The van der Waals surface area contributed by atoms with Gasteiger partial charge in [0.1, 0.15) is 0 Å². The molecule has 0 unspecified atom stereocenters. The van der Waals surface area contributed by atoms with Crippen LogP contribution in [-0.2, 0) is 0 Å². The molecule has 0 fully saturated rings. The van der Waals surface area contributed by atoms with Crippen LogP contribution in [0.1, 0.15) is 91.9 Å². The second kappa shape index (κ2) is 12.2. The zero-order valence-electron chi connectivity index (χ0n) is 12.7. The quantitative estimate of drug-likeness (QED) is 0.284. The van der Waals surface area contributed by atoms with E-state index in [1.807, 2.05) is 0 Å². The van der Waals surface area contributed by atoms with Crippen molar-refractivity contribution in [3.63, 3.8) is 0 Å². The van der Waals surface area contributed by atoms with Crippen LogP contribution in [-0.4, -0.2) is 0 Å². The van der Waals surface area contributed by atoms with Crippen LogP contribution in [0.3, 0.4) is 0 Å². The van der Waals surface area contributed by atoms with E-state index < -0.39 is 0 Å². The molecule has 0 amide bonds. The maximum Gasteiger partial charge on any atom is -0.0231 e. The standard InChI is InChI=1S/C17H34/c1-5-7-9-11-13-17(15-16(3)4)14-12-10-8-6-2/h15,17H,5-14H2,1-4H3. The fourth-order valence-electron chi connectivity index (χ4n) is 2.45. The first-order chi connectivity index (χ1) is 8.20. The van der Waals surface area contributed by atoms with E-state index in [0.717, 1.165) is 5.92 Å². The van der Waals surface area contributed by atoms with Gasteiger partial charge < -0.3 is 0 Å². The zero-order chi connectivity index (χ0) is 12.9. The summed E-state index contributed by atoms with van der Waals surface area (Å²) in [6, 6.07) is 0. The van der Waals surface area contributed by atoms with Crippen molar-refractivity contribution >= 4 is 0 Å². The van der Waals surface area contributed by atoms with Crippen molar-refractivity contribution in [1.29, 1.82) is 0 Å². The number of hydrogen-bond donors (Lipinski definition) is 0. The first-order valence-electron chi connectivity index (χ1n) is 7.85. The average Bonchev–Trinajstić information content (AvgIpc) is 2.29. The molecular weight excluding hydrogens is 204 g/mol. The van der Waals surface area contributed by atoms with E-state index in [4.69, 9.17) is 0 Å². The monoisotopic (exact) mass is 238 g/mol. The van der Waals surface area contributed by atoms with E-state index in [1.54, 1.807) is 0 Å².